The van der Waals surface area contributed by atoms with E-state index in [4.69, 9.17) is 23.5 Å². The number of rotatable bonds is 8. The van der Waals surface area contributed by atoms with Crippen molar-refractivity contribution in [1.82, 2.24) is 10.0 Å². The zero-order valence-corrected chi connectivity index (χ0v) is 26.4. The fourth-order valence-corrected chi connectivity index (χ4v) is 3.63. The van der Waals surface area contributed by atoms with E-state index in [1.54, 1.807) is 72.7 Å². The number of ether oxygens (including phenoxy) is 4. The first-order valence-corrected chi connectivity index (χ1v) is 13.9. The van der Waals surface area contributed by atoms with Crippen molar-refractivity contribution >= 4 is 17.8 Å². The molecule has 0 saturated heterocycles. The molecule has 0 fully saturated rings. The molecule has 0 unspecified atom stereocenters. The van der Waals surface area contributed by atoms with Crippen molar-refractivity contribution in [3.63, 3.8) is 0 Å². The molecule has 0 saturated carbocycles. The van der Waals surface area contributed by atoms with E-state index in [1.165, 1.54) is 24.3 Å². The van der Waals surface area contributed by atoms with Gasteiger partial charge in [0.2, 0.25) is 5.89 Å². The maximum Gasteiger partial charge on any atom is 0.573 e. The molecule has 0 aliphatic rings. The highest BCUT2D eigenvalue weighted by molar-refractivity contribution is 5.71. The summed E-state index contributed by atoms with van der Waals surface area (Å²) < 4.78 is 63.4. The number of nitrogens with zero attached hydrogens (tertiary/aromatic N) is 2. The molecule has 0 bridgehead atoms. The number of hydroxylamine groups is 2. The van der Waals surface area contributed by atoms with Crippen LogP contribution in [-0.2, 0) is 20.9 Å². The van der Waals surface area contributed by atoms with Crippen LogP contribution in [0.3, 0.4) is 0 Å². The monoisotopic (exact) mass is 634 g/mol. The SMILES string of the molecule is C/C(=C\CN(OC(=O)OC(C)(C)C)C(=O)OC(C)(C)C)c1cccc(OCc2nc(-c3ccc(OC(F)(F)F)cc3)oc2C)c1. The van der Waals surface area contributed by atoms with Crippen LogP contribution in [-0.4, -0.2) is 46.4 Å². The normalized spacial score (nSPS) is 12.4. The van der Waals surface area contributed by atoms with Crippen molar-refractivity contribution < 1.29 is 51.0 Å². The molecule has 0 atom stereocenters. The van der Waals surface area contributed by atoms with E-state index in [-0.39, 0.29) is 24.8 Å². The second kappa shape index (κ2) is 14.0. The predicted octanol–water partition coefficient (Wildman–Crippen LogP) is 8.63. The van der Waals surface area contributed by atoms with E-state index in [1.807, 2.05) is 13.0 Å². The van der Waals surface area contributed by atoms with E-state index in [0.29, 0.717) is 22.8 Å². The first kappa shape index (κ1) is 34.8. The summed E-state index contributed by atoms with van der Waals surface area (Å²) in [5.41, 5.74) is 0.849. The van der Waals surface area contributed by atoms with Crippen molar-refractivity contribution in [2.45, 2.75) is 79.6 Å². The quantitative estimate of drug-likeness (QED) is 0.178. The fraction of sp³-hybridized carbons (Fsp3) is 0.406. The van der Waals surface area contributed by atoms with Gasteiger partial charge in [-0.1, -0.05) is 18.2 Å². The topological polar surface area (TPSA) is 110 Å². The average molecular weight is 635 g/mol. The summed E-state index contributed by atoms with van der Waals surface area (Å²) in [5.74, 6) is 0.877. The highest BCUT2D eigenvalue weighted by atomic mass is 19.4. The molecule has 0 radical (unpaired) electrons. The van der Waals surface area contributed by atoms with E-state index in [9.17, 15) is 22.8 Å². The van der Waals surface area contributed by atoms with Gasteiger partial charge >= 0.3 is 18.6 Å². The van der Waals surface area contributed by atoms with E-state index < -0.39 is 29.8 Å². The van der Waals surface area contributed by atoms with Crippen LogP contribution in [0.1, 0.15) is 65.5 Å². The van der Waals surface area contributed by atoms with Crippen LogP contribution in [0, 0.1) is 6.92 Å². The van der Waals surface area contributed by atoms with Crippen molar-refractivity contribution in [2.75, 3.05) is 6.54 Å². The summed E-state index contributed by atoms with van der Waals surface area (Å²) in [6.45, 7) is 13.6. The van der Waals surface area contributed by atoms with Gasteiger partial charge in [-0.2, -0.15) is 0 Å². The first-order valence-electron chi connectivity index (χ1n) is 13.9. The number of hydrogen-bond donors (Lipinski definition) is 0. The molecule has 3 rings (SSSR count). The zero-order valence-electron chi connectivity index (χ0n) is 26.4. The van der Waals surface area contributed by atoms with Crippen LogP contribution in [0.2, 0.25) is 0 Å². The summed E-state index contributed by atoms with van der Waals surface area (Å²) in [4.78, 5) is 34.6. The zero-order chi connectivity index (χ0) is 33.6. The minimum absolute atomic E-state index is 0.0625. The Morgan fingerprint density at radius 3 is 2.18 bits per heavy atom. The molecule has 10 nitrogen and oxygen atoms in total. The second-order valence-electron chi connectivity index (χ2n) is 11.9. The van der Waals surface area contributed by atoms with Gasteiger partial charge in [-0.3, -0.25) is 4.84 Å². The summed E-state index contributed by atoms with van der Waals surface area (Å²) >= 11 is 0. The minimum atomic E-state index is -4.78. The maximum atomic E-state index is 12.7. The van der Waals surface area contributed by atoms with Gasteiger partial charge in [0.1, 0.15) is 40.8 Å². The summed E-state index contributed by atoms with van der Waals surface area (Å²) in [6, 6.07) is 12.4. The number of allylic oxidation sites excluding steroid dienone is 1. The number of aromatic nitrogens is 1. The van der Waals surface area contributed by atoms with Crippen LogP contribution in [0.25, 0.3) is 17.0 Å². The minimum Gasteiger partial charge on any atom is -0.487 e. The molecule has 0 N–H and O–H groups in total. The van der Waals surface area contributed by atoms with E-state index in [2.05, 4.69) is 9.72 Å². The Kier molecular flexibility index (Phi) is 10.8. The molecule has 0 aliphatic carbocycles. The Balaban J connectivity index is 1.68. The molecule has 244 valence electrons. The Bertz CT molecular complexity index is 1500. The van der Waals surface area contributed by atoms with Gasteiger partial charge in [-0.15, -0.1) is 18.2 Å². The second-order valence-corrected chi connectivity index (χ2v) is 11.9. The average Bonchev–Trinajstić information content (AvgIpc) is 3.27. The third-order valence-corrected chi connectivity index (χ3v) is 5.63. The molecule has 3 aromatic rings. The predicted molar refractivity (Wildman–Crippen MR) is 158 cm³/mol. The molecule has 13 heteroatoms. The Labute approximate surface area is 259 Å². The number of alkyl halides is 3. The number of aryl methyl sites for hydroxylation is 1. The molecule has 0 spiro atoms. The molecule has 0 aliphatic heterocycles. The standard InChI is InChI=1S/C32H37F3N2O8/c1-20(16-17-37(28(38)43-30(3,4)5)45-29(39)44-31(6,7)8)23-10-9-11-25(18-23)40-19-26-21(2)41-27(36-26)22-12-14-24(15-13-22)42-32(33,34)35/h9-16,18H,17,19H2,1-8H3/b20-16+. The number of amides is 1. The van der Waals surface area contributed by atoms with Gasteiger partial charge in [0, 0.05) is 5.56 Å². The third-order valence-electron chi connectivity index (χ3n) is 5.63. The van der Waals surface area contributed by atoms with E-state index in [0.717, 1.165) is 16.2 Å². The molecular weight excluding hydrogens is 597 g/mol. The fourth-order valence-electron chi connectivity index (χ4n) is 3.63. The number of carbonyl (C=O) groups is 2. The summed E-state index contributed by atoms with van der Waals surface area (Å²) in [6.07, 6.45) is -5.00. The van der Waals surface area contributed by atoms with E-state index >= 15 is 0 Å². The van der Waals surface area contributed by atoms with Crippen LogP contribution in [0.5, 0.6) is 11.5 Å². The van der Waals surface area contributed by atoms with Crippen molar-refractivity contribution in [1.29, 1.82) is 0 Å². The molecule has 1 amide bonds. The Morgan fingerprint density at radius 1 is 0.933 bits per heavy atom. The number of hydrogen-bond acceptors (Lipinski definition) is 9. The van der Waals surface area contributed by atoms with Gasteiger partial charge in [-0.05, 0) is 103 Å². The first-order chi connectivity index (χ1) is 20.8. The lowest BCUT2D eigenvalue weighted by Crippen LogP contribution is -2.39. The number of halogens is 3. The molecular formula is C32H37F3N2O8. The van der Waals surface area contributed by atoms with Gasteiger partial charge in [-0.25, -0.2) is 14.6 Å². The lowest BCUT2D eigenvalue weighted by atomic mass is 10.1. The largest absolute Gasteiger partial charge is 0.573 e. The summed E-state index contributed by atoms with van der Waals surface area (Å²) in [7, 11) is 0. The lowest BCUT2D eigenvalue weighted by Gasteiger charge is -2.26. The van der Waals surface area contributed by atoms with Crippen LogP contribution in [0.4, 0.5) is 22.8 Å². The highest BCUT2D eigenvalue weighted by Crippen LogP contribution is 2.28. The highest BCUT2D eigenvalue weighted by Gasteiger charge is 2.31. The van der Waals surface area contributed by atoms with Crippen molar-refractivity contribution in [3.05, 3.63) is 71.6 Å². The Morgan fingerprint density at radius 2 is 1.58 bits per heavy atom. The van der Waals surface area contributed by atoms with Gasteiger partial charge in [0.05, 0.1) is 6.54 Å². The van der Waals surface area contributed by atoms with Gasteiger partial charge in [0.25, 0.3) is 0 Å². The van der Waals surface area contributed by atoms with Crippen LogP contribution >= 0.6 is 0 Å². The number of oxazole rings is 1. The molecule has 1 aromatic heterocycles. The summed E-state index contributed by atoms with van der Waals surface area (Å²) in [5, 5.41) is 0.783. The maximum absolute atomic E-state index is 12.7. The number of benzene rings is 2. The molecule has 1 heterocycles. The van der Waals surface area contributed by atoms with Crippen LogP contribution < -0.4 is 9.47 Å². The van der Waals surface area contributed by atoms with Gasteiger partial charge in [0.15, 0.2) is 0 Å². The van der Waals surface area contributed by atoms with Gasteiger partial charge < -0.3 is 23.4 Å². The van der Waals surface area contributed by atoms with Crippen LogP contribution in [0.15, 0.2) is 59.0 Å². The molecule has 2 aromatic carbocycles. The number of carbonyl (C=O) groups excluding carboxylic acids is 2. The Hall–Kier alpha value is -4.68. The lowest BCUT2D eigenvalue weighted by molar-refractivity contribution is -0.274. The van der Waals surface area contributed by atoms with Crippen molar-refractivity contribution in [2.24, 2.45) is 0 Å². The van der Waals surface area contributed by atoms with Crippen molar-refractivity contribution in [3.8, 4) is 23.0 Å². The molecule has 45 heavy (non-hydrogen) atoms. The smallest absolute Gasteiger partial charge is 0.487 e. The third kappa shape index (κ3) is 11.7.